The average molecular weight is 226 g/mol. The van der Waals surface area contributed by atoms with Crippen LogP contribution in [0.4, 0.5) is 10.2 Å². The summed E-state index contributed by atoms with van der Waals surface area (Å²) in [6.45, 7) is 0. The number of aromatic nitrogens is 1. The summed E-state index contributed by atoms with van der Waals surface area (Å²) in [5.41, 5.74) is 0. The largest absolute Gasteiger partial charge is 0.367 e. The highest BCUT2D eigenvalue weighted by Gasteiger charge is 2.23. The molecule has 1 aliphatic carbocycles. The van der Waals surface area contributed by atoms with Crippen LogP contribution in [0.1, 0.15) is 19.3 Å². The van der Waals surface area contributed by atoms with Crippen LogP contribution in [-0.4, -0.2) is 22.5 Å². The van der Waals surface area contributed by atoms with Crippen molar-refractivity contribution in [3.63, 3.8) is 0 Å². The predicted molar refractivity (Wildman–Crippen MR) is 62.8 cm³/mol. The second kappa shape index (κ2) is 4.84. The number of pyridine rings is 1. The molecule has 0 aromatic carbocycles. The average Bonchev–Trinajstić information content (AvgIpc) is 2.69. The van der Waals surface area contributed by atoms with E-state index in [0.29, 0.717) is 6.04 Å². The van der Waals surface area contributed by atoms with Crippen molar-refractivity contribution in [2.75, 3.05) is 11.6 Å². The van der Waals surface area contributed by atoms with Gasteiger partial charge in [-0.25, -0.2) is 9.37 Å². The molecule has 2 atom stereocenters. The number of hydrogen-bond acceptors (Lipinski definition) is 3. The fourth-order valence-corrected chi connectivity index (χ4v) is 2.75. The minimum atomic E-state index is -0.283. The molecule has 0 amide bonds. The van der Waals surface area contributed by atoms with Crippen LogP contribution in [0.2, 0.25) is 0 Å². The first kappa shape index (κ1) is 10.7. The van der Waals surface area contributed by atoms with E-state index in [1.165, 1.54) is 31.5 Å². The molecule has 0 saturated heterocycles. The molecule has 4 heteroatoms. The standard InChI is InChI=1S/C11H15FN2S/c1-15-10-4-3-9(6-10)14-11-5-2-8(12)7-13-11/h2,5,7,9-10H,3-4,6H2,1H3,(H,13,14). The molecule has 82 valence electrons. The Morgan fingerprint density at radius 1 is 1.47 bits per heavy atom. The van der Waals surface area contributed by atoms with Gasteiger partial charge >= 0.3 is 0 Å². The minimum absolute atomic E-state index is 0.283. The van der Waals surface area contributed by atoms with Crippen LogP contribution in [-0.2, 0) is 0 Å². The molecular weight excluding hydrogens is 211 g/mol. The van der Waals surface area contributed by atoms with Crippen molar-refractivity contribution >= 4 is 17.6 Å². The Morgan fingerprint density at radius 3 is 2.93 bits per heavy atom. The second-order valence-corrected chi connectivity index (χ2v) is 5.01. The van der Waals surface area contributed by atoms with Gasteiger partial charge in [-0.05, 0) is 37.7 Å². The molecule has 1 heterocycles. The van der Waals surface area contributed by atoms with Gasteiger partial charge in [0.2, 0.25) is 0 Å². The zero-order valence-corrected chi connectivity index (χ0v) is 9.56. The predicted octanol–water partition coefficient (Wildman–Crippen LogP) is 2.92. The molecule has 1 saturated carbocycles. The molecular formula is C11H15FN2S. The molecule has 0 radical (unpaired) electrons. The normalized spacial score (nSPS) is 25.5. The van der Waals surface area contributed by atoms with Gasteiger partial charge in [0.1, 0.15) is 11.6 Å². The molecule has 1 N–H and O–H groups in total. The summed E-state index contributed by atoms with van der Waals surface area (Å²) < 4.78 is 12.6. The molecule has 1 aromatic heterocycles. The molecule has 0 bridgehead atoms. The number of thioether (sulfide) groups is 1. The highest BCUT2D eigenvalue weighted by atomic mass is 32.2. The zero-order valence-electron chi connectivity index (χ0n) is 8.74. The van der Waals surface area contributed by atoms with Gasteiger partial charge in [0.15, 0.2) is 0 Å². The van der Waals surface area contributed by atoms with Crippen LogP contribution in [0.25, 0.3) is 0 Å². The summed E-state index contributed by atoms with van der Waals surface area (Å²) in [5.74, 6) is 0.497. The van der Waals surface area contributed by atoms with E-state index in [-0.39, 0.29) is 5.82 Å². The van der Waals surface area contributed by atoms with Crippen LogP contribution in [0.15, 0.2) is 18.3 Å². The lowest BCUT2D eigenvalue weighted by Crippen LogP contribution is -2.16. The maximum absolute atomic E-state index is 12.6. The van der Waals surface area contributed by atoms with Crippen LogP contribution in [0.5, 0.6) is 0 Å². The monoisotopic (exact) mass is 226 g/mol. The Hall–Kier alpha value is -0.770. The molecule has 2 nitrogen and oxygen atoms in total. The molecule has 2 unspecified atom stereocenters. The zero-order chi connectivity index (χ0) is 10.7. The number of nitrogens with one attached hydrogen (secondary N) is 1. The molecule has 2 rings (SSSR count). The molecule has 0 spiro atoms. The third-order valence-electron chi connectivity index (χ3n) is 2.80. The second-order valence-electron chi connectivity index (χ2n) is 3.87. The van der Waals surface area contributed by atoms with Crippen molar-refractivity contribution in [1.82, 2.24) is 4.98 Å². The van der Waals surface area contributed by atoms with Crippen LogP contribution in [0, 0.1) is 5.82 Å². The number of anilines is 1. The highest BCUT2D eigenvalue weighted by Crippen LogP contribution is 2.29. The van der Waals surface area contributed by atoms with Crippen LogP contribution < -0.4 is 5.32 Å². The van der Waals surface area contributed by atoms with E-state index in [1.807, 2.05) is 11.8 Å². The lowest BCUT2D eigenvalue weighted by Gasteiger charge is -2.12. The molecule has 0 aliphatic heterocycles. The summed E-state index contributed by atoms with van der Waals surface area (Å²) in [6.07, 6.45) is 7.04. The summed E-state index contributed by atoms with van der Waals surface area (Å²) in [6, 6.07) is 3.64. The van der Waals surface area contributed by atoms with Gasteiger partial charge in [0, 0.05) is 11.3 Å². The Morgan fingerprint density at radius 2 is 2.33 bits per heavy atom. The highest BCUT2D eigenvalue weighted by molar-refractivity contribution is 7.99. The lowest BCUT2D eigenvalue weighted by molar-refractivity contribution is 0.621. The van der Waals surface area contributed by atoms with Gasteiger partial charge < -0.3 is 5.32 Å². The number of hydrogen-bond donors (Lipinski definition) is 1. The Bertz CT molecular complexity index is 315. The Balaban J connectivity index is 1.90. The van der Waals surface area contributed by atoms with Gasteiger partial charge in [0.05, 0.1) is 6.20 Å². The minimum Gasteiger partial charge on any atom is -0.367 e. The van der Waals surface area contributed by atoms with E-state index in [4.69, 9.17) is 0 Å². The van der Waals surface area contributed by atoms with E-state index in [9.17, 15) is 4.39 Å². The van der Waals surface area contributed by atoms with Crippen molar-refractivity contribution in [3.8, 4) is 0 Å². The fourth-order valence-electron chi connectivity index (χ4n) is 1.96. The molecule has 1 fully saturated rings. The number of rotatable bonds is 3. The van der Waals surface area contributed by atoms with Crippen molar-refractivity contribution in [3.05, 3.63) is 24.1 Å². The Kier molecular flexibility index (Phi) is 3.46. The lowest BCUT2D eigenvalue weighted by atomic mass is 10.2. The van der Waals surface area contributed by atoms with Gasteiger partial charge in [-0.1, -0.05) is 0 Å². The SMILES string of the molecule is CSC1CCC(Nc2ccc(F)cn2)C1. The molecule has 1 aromatic rings. The Labute approximate surface area is 93.7 Å². The van der Waals surface area contributed by atoms with E-state index < -0.39 is 0 Å². The first-order chi connectivity index (χ1) is 7.28. The van der Waals surface area contributed by atoms with Crippen LogP contribution >= 0.6 is 11.8 Å². The topological polar surface area (TPSA) is 24.9 Å². The summed E-state index contributed by atoms with van der Waals surface area (Å²) in [7, 11) is 0. The molecule has 15 heavy (non-hydrogen) atoms. The first-order valence-electron chi connectivity index (χ1n) is 5.19. The number of halogens is 1. The van der Waals surface area contributed by atoms with Gasteiger partial charge in [0.25, 0.3) is 0 Å². The van der Waals surface area contributed by atoms with Crippen LogP contribution in [0.3, 0.4) is 0 Å². The summed E-state index contributed by atoms with van der Waals surface area (Å²) in [5, 5.41) is 4.11. The van der Waals surface area contributed by atoms with E-state index in [0.717, 1.165) is 11.1 Å². The van der Waals surface area contributed by atoms with E-state index in [1.54, 1.807) is 6.07 Å². The third kappa shape index (κ3) is 2.84. The van der Waals surface area contributed by atoms with Gasteiger partial charge in [-0.2, -0.15) is 11.8 Å². The van der Waals surface area contributed by atoms with Crippen molar-refractivity contribution in [2.24, 2.45) is 0 Å². The fraction of sp³-hybridized carbons (Fsp3) is 0.545. The van der Waals surface area contributed by atoms with Crippen molar-refractivity contribution < 1.29 is 4.39 Å². The van der Waals surface area contributed by atoms with E-state index in [2.05, 4.69) is 16.6 Å². The van der Waals surface area contributed by atoms with E-state index >= 15 is 0 Å². The van der Waals surface area contributed by atoms with Gasteiger partial charge in [-0.3, -0.25) is 0 Å². The summed E-state index contributed by atoms with van der Waals surface area (Å²) >= 11 is 1.93. The number of nitrogens with zero attached hydrogens (tertiary/aromatic N) is 1. The van der Waals surface area contributed by atoms with Gasteiger partial charge in [-0.15, -0.1) is 0 Å². The quantitative estimate of drug-likeness (QED) is 0.857. The van der Waals surface area contributed by atoms with Crippen molar-refractivity contribution in [2.45, 2.75) is 30.6 Å². The molecule has 1 aliphatic rings. The maximum Gasteiger partial charge on any atom is 0.141 e. The smallest absolute Gasteiger partial charge is 0.141 e. The maximum atomic E-state index is 12.6. The summed E-state index contributed by atoms with van der Waals surface area (Å²) in [4.78, 5) is 4.00. The first-order valence-corrected chi connectivity index (χ1v) is 6.47. The van der Waals surface area contributed by atoms with Crippen molar-refractivity contribution in [1.29, 1.82) is 0 Å². The third-order valence-corrected chi connectivity index (χ3v) is 3.89.